The number of thiophene rings is 1. The summed E-state index contributed by atoms with van der Waals surface area (Å²) >= 11 is 1.86. The van der Waals surface area contributed by atoms with Crippen LogP contribution >= 0.6 is 11.3 Å². The van der Waals surface area contributed by atoms with Crippen molar-refractivity contribution in [3.63, 3.8) is 0 Å². The third-order valence-corrected chi connectivity index (χ3v) is 4.48. The number of aliphatic hydroxyl groups excluding tert-OH is 1. The molecule has 1 heterocycles. The van der Waals surface area contributed by atoms with Gasteiger partial charge in [0.05, 0.1) is 0 Å². The van der Waals surface area contributed by atoms with Crippen LogP contribution in [-0.4, -0.2) is 17.8 Å². The summed E-state index contributed by atoms with van der Waals surface area (Å²) in [6, 6.07) is 4.89. The molecule has 2 atom stereocenters. The summed E-state index contributed by atoms with van der Waals surface area (Å²) in [6.07, 6.45) is 4.98. The molecule has 1 saturated carbocycles. The molecule has 1 aliphatic rings. The highest BCUT2D eigenvalue weighted by molar-refractivity contribution is 7.11. The van der Waals surface area contributed by atoms with E-state index in [9.17, 15) is 5.11 Å². The van der Waals surface area contributed by atoms with Crippen molar-refractivity contribution in [3.8, 4) is 0 Å². The number of hydrogen-bond acceptors (Lipinski definition) is 3. The van der Waals surface area contributed by atoms with Crippen LogP contribution in [0.3, 0.4) is 0 Å². The Morgan fingerprint density at radius 1 is 1.38 bits per heavy atom. The molecule has 3 heteroatoms. The first-order valence-electron chi connectivity index (χ1n) is 6.19. The van der Waals surface area contributed by atoms with Crippen LogP contribution in [0.5, 0.6) is 0 Å². The molecule has 2 unspecified atom stereocenters. The second kappa shape index (κ2) is 5.80. The van der Waals surface area contributed by atoms with E-state index in [1.54, 1.807) is 0 Å². The molecule has 1 aromatic heterocycles. The summed E-state index contributed by atoms with van der Waals surface area (Å²) in [7, 11) is 0. The van der Waals surface area contributed by atoms with Crippen molar-refractivity contribution >= 4 is 11.3 Å². The highest BCUT2D eigenvalue weighted by atomic mass is 32.1. The van der Waals surface area contributed by atoms with Crippen molar-refractivity contribution in [3.05, 3.63) is 21.9 Å². The third-order valence-electron chi connectivity index (χ3n) is 3.48. The van der Waals surface area contributed by atoms with Gasteiger partial charge in [-0.05, 0) is 37.8 Å². The zero-order chi connectivity index (χ0) is 11.4. The van der Waals surface area contributed by atoms with Gasteiger partial charge in [0, 0.05) is 28.9 Å². The first kappa shape index (κ1) is 12.1. The molecule has 0 aromatic carbocycles. The van der Waals surface area contributed by atoms with E-state index in [2.05, 4.69) is 24.4 Å². The van der Waals surface area contributed by atoms with Gasteiger partial charge in [-0.2, -0.15) is 0 Å². The van der Waals surface area contributed by atoms with Crippen molar-refractivity contribution in [2.75, 3.05) is 6.61 Å². The van der Waals surface area contributed by atoms with Crippen LogP contribution in [0.2, 0.25) is 0 Å². The molecule has 0 aliphatic heterocycles. The number of aryl methyl sites for hydroxylation is 1. The van der Waals surface area contributed by atoms with Crippen LogP contribution in [0.15, 0.2) is 12.1 Å². The minimum absolute atomic E-state index is 0.334. The molecule has 1 aliphatic carbocycles. The summed E-state index contributed by atoms with van der Waals surface area (Å²) in [5.74, 6) is 0.467. The van der Waals surface area contributed by atoms with Gasteiger partial charge in [0.1, 0.15) is 0 Å². The summed E-state index contributed by atoms with van der Waals surface area (Å²) < 4.78 is 0. The lowest BCUT2D eigenvalue weighted by Gasteiger charge is -2.30. The predicted octanol–water partition coefficient (Wildman–Crippen LogP) is 2.70. The molecule has 2 nitrogen and oxygen atoms in total. The largest absolute Gasteiger partial charge is 0.396 e. The first-order chi connectivity index (χ1) is 7.79. The van der Waals surface area contributed by atoms with Gasteiger partial charge in [0.15, 0.2) is 0 Å². The highest BCUT2D eigenvalue weighted by Gasteiger charge is 2.23. The fourth-order valence-corrected chi connectivity index (χ4v) is 3.35. The Bertz CT molecular complexity index is 323. The van der Waals surface area contributed by atoms with Crippen molar-refractivity contribution in [1.82, 2.24) is 5.32 Å². The van der Waals surface area contributed by atoms with Gasteiger partial charge in [-0.3, -0.25) is 0 Å². The van der Waals surface area contributed by atoms with Gasteiger partial charge in [-0.1, -0.05) is 12.8 Å². The monoisotopic (exact) mass is 239 g/mol. The zero-order valence-corrected chi connectivity index (χ0v) is 10.7. The van der Waals surface area contributed by atoms with Gasteiger partial charge in [-0.25, -0.2) is 0 Å². The van der Waals surface area contributed by atoms with Crippen LogP contribution in [0.1, 0.15) is 35.4 Å². The Hall–Kier alpha value is -0.380. The maximum atomic E-state index is 9.33. The summed E-state index contributed by atoms with van der Waals surface area (Å²) in [5, 5.41) is 12.9. The van der Waals surface area contributed by atoms with Crippen LogP contribution in [0, 0.1) is 12.8 Å². The lowest BCUT2D eigenvalue weighted by molar-refractivity contribution is 0.152. The van der Waals surface area contributed by atoms with Crippen molar-refractivity contribution < 1.29 is 5.11 Å². The molecule has 1 aromatic rings. The lowest BCUT2D eigenvalue weighted by Crippen LogP contribution is -2.39. The molecule has 2 N–H and O–H groups in total. The number of nitrogens with one attached hydrogen (secondary N) is 1. The van der Waals surface area contributed by atoms with Gasteiger partial charge in [0.25, 0.3) is 0 Å². The quantitative estimate of drug-likeness (QED) is 0.846. The summed E-state index contributed by atoms with van der Waals surface area (Å²) in [5.41, 5.74) is 0. The van der Waals surface area contributed by atoms with E-state index in [1.807, 2.05) is 11.3 Å². The molecule has 2 rings (SSSR count). The molecule has 0 spiro atoms. The van der Waals surface area contributed by atoms with Crippen molar-refractivity contribution in [2.24, 2.45) is 5.92 Å². The Balaban J connectivity index is 1.84. The van der Waals surface area contributed by atoms with Gasteiger partial charge in [0.2, 0.25) is 0 Å². The molecule has 0 saturated heterocycles. The summed E-state index contributed by atoms with van der Waals surface area (Å²) in [6.45, 7) is 3.44. The Kier molecular flexibility index (Phi) is 4.38. The maximum Gasteiger partial charge on any atom is 0.0474 e. The molecule has 1 fully saturated rings. The minimum Gasteiger partial charge on any atom is -0.396 e. The van der Waals surface area contributed by atoms with Gasteiger partial charge < -0.3 is 10.4 Å². The first-order valence-corrected chi connectivity index (χ1v) is 7.01. The fourth-order valence-electron chi connectivity index (χ4n) is 2.51. The summed E-state index contributed by atoms with van der Waals surface area (Å²) in [4.78, 5) is 2.78. The van der Waals surface area contributed by atoms with E-state index in [4.69, 9.17) is 0 Å². The SMILES string of the molecule is Cc1ccc(CNC2CCCCC2CO)s1. The molecule has 16 heavy (non-hydrogen) atoms. The van der Waals surface area contributed by atoms with Crippen LogP contribution in [-0.2, 0) is 6.54 Å². The zero-order valence-electron chi connectivity index (χ0n) is 9.91. The standard InChI is InChI=1S/C13H21NOS/c1-10-6-7-12(16-10)8-14-13-5-3-2-4-11(13)9-15/h6-7,11,13-15H,2-5,8-9H2,1H3. The second-order valence-corrected chi connectivity index (χ2v) is 6.10. The third kappa shape index (κ3) is 3.06. The molecule has 0 amide bonds. The van der Waals surface area contributed by atoms with E-state index < -0.39 is 0 Å². The average Bonchev–Trinajstić information content (AvgIpc) is 2.73. The van der Waals surface area contributed by atoms with Gasteiger partial charge >= 0.3 is 0 Å². The Morgan fingerprint density at radius 3 is 2.88 bits per heavy atom. The molecular formula is C13H21NOS. The molecular weight excluding hydrogens is 218 g/mol. The second-order valence-electron chi connectivity index (χ2n) is 4.73. The van der Waals surface area contributed by atoms with Crippen LogP contribution in [0.25, 0.3) is 0 Å². The van der Waals surface area contributed by atoms with E-state index in [1.165, 1.54) is 35.4 Å². The minimum atomic E-state index is 0.334. The Labute approximate surface area is 102 Å². The predicted molar refractivity (Wildman–Crippen MR) is 68.7 cm³/mol. The molecule has 0 radical (unpaired) electrons. The van der Waals surface area contributed by atoms with Gasteiger partial charge in [-0.15, -0.1) is 11.3 Å². The number of aliphatic hydroxyl groups is 1. The van der Waals surface area contributed by atoms with Crippen LogP contribution < -0.4 is 5.32 Å². The van der Waals surface area contributed by atoms with E-state index in [0.717, 1.165) is 6.54 Å². The van der Waals surface area contributed by atoms with E-state index in [0.29, 0.717) is 18.6 Å². The number of rotatable bonds is 4. The topological polar surface area (TPSA) is 32.3 Å². The number of hydrogen-bond donors (Lipinski definition) is 2. The van der Waals surface area contributed by atoms with Crippen LogP contribution in [0.4, 0.5) is 0 Å². The molecule has 0 bridgehead atoms. The van der Waals surface area contributed by atoms with Crippen molar-refractivity contribution in [1.29, 1.82) is 0 Å². The van der Waals surface area contributed by atoms with E-state index >= 15 is 0 Å². The van der Waals surface area contributed by atoms with Crippen molar-refractivity contribution in [2.45, 2.75) is 45.2 Å². The average molecular weight is 239 g/mol. The Morgan fingerprint density at radius 2 is 2.19 bits per heavy atom. The van der Waals surface area contributed by atoms with E-state index in [-0.39, 0.29) is 0 Å². The normalized spacial score (nSPS) is 25.9. The highest BCUT2D eigenvalue weighted by Crippen LogP contribution is 2.24. The molecule has 90 valence electrons. The lowest BCUT2D eigenvalue weighted by atomic mass is 9.85. The fraction of sp³-hybridized carbons (Fsp3) is 0.692. The maximum absolute atomic E-state index is 9.33. The smallest absolute Gasteiger partial charge is 0.0474 e.